The molecule has 7 heteroatoms. The average Bonchev–Trinajstić information content (AvgIpc) is 2.91. The van der Waals surface area contributed by atoms with Crippen molar-refractivity contribution in [2.45, 2.75) is 4.90 Å². The summed E-state index contributed by atoms with van der Waals surface area (Å²) in [5, 5.41) is 2.14. The fraction of sp³-hybridized carbons (Fsp3) is 0.182. The molecule has 0 unspecified atom stereocenters. The lowest BCUT2D eigenvalue weighted by Crippen LogP contribution is -2.26. The minimum Gasteiger partial charge on any atom is -0.495 e. The molecule has 2 rings (SSSR count). The second kappa shape index (κ2) is 4.95. The number of ether oxygens (including phenoxy) is 1. The highest BCUT2D eigenvalue weighted by Gasteiger charge is 2.26. The van der Waals surface area contributed by atoms with E-state index in [2.05, 4.69) is 4.98 Å². The van der Waals surface area contributed by atoms with E-state index in [1.54, 1.807) is 29.8 Å². The van der Waals surface area contributed by atoms with E-state index in [4.69, 9.17) is 4.74 Å². The maximum Gasteiger partial charge on any atom is 0.269 e. The van der Waals surface area contributed by atoms with Gasteiger partial charge in [0.15, 0.2) is 5.13 Å². The highest BCUT2D eigenvalue weighted by atomic mass is 32.2. The van der Waals surface area contributed by atoms with Gasteiger partial charge in [-0.15, -0.1) is 11.3 Å². The molecule has 0 atom stereocenters. The molecule has 5 nitrogen and oxygen atoms in total. The van der Waals surface area contributed by atoms with Crippen molar-refractivity contribution in [2.75, 3.05) is 18.5 Å². The van der Waals surface area contributed by atoms with Crippen LogP contribution in [-0.4, -0.2) is 27.6 Å². The third-order valence-electron chi connectivity index (χ3n) is 2.40. The van der Waals surface area contributed by atoms with Gasteiger partial charge in [-0.1, -0.05) is 12.1 Å². The number of rotatable bonds is 4. The van der Waals surface area contributed by atoms with E-state index in [0.717, 1.165) is 4.31 Å². The first-order chi connectivity index (χ1) is 8.57. The van der Waals surface area contributed by atoms with Gasteiger partial charge in [-0.3, -0.25) is 0 Å². The first-order valence-electron chi connectivity index (χ1n) is 5.09. The van der Waals surface area contributed by atoms with Crippen molar-refractivity contribution < 1.29 is 13.2 Å². The Bertz CT molecular complexity index is 623. The maximum absolute atomic E-state index is 12.4. The molecule has 1 heterocycles. The van der Waals surface area contributed by atoms with Crippen LogP contribution in [0.1, 0.15) is 0 Å². The van der Waals surface area contributed by atoms with Crippen molar-refractivity contribution >= 4 is 26.5 Å². The predicted molar refractivity (Wildman–Crippen MR) is 70.7 cm³/mol. The molecule has 96 valence electrons. The third kappa shape index (κ3) is 2.19. The van der Waals surface area contributed by atoms with E-state index in [-0.39, 0.29) is 4.90 Å². The SMILES string of the molecule is COc1ccccc1S(=O)(=O)N(C)c1nccs1. The molecule has 0 spiro atoms. The standard InChI is InChI=1S/C11H12N2O3S2/c1-13(11-12-7-8-17-11)18(14,15)10-6-4-3-5-9(10)16-2/h3-8H,1-2H3. The number of para-hydroxylation sites is 1. The van der Waals surface area contributed by atoms with Gasteiger partial charge in [0.25, 0.3) is 10.0 Å². The molecule has 0 aliphatic carbocycles. The van der Waals surface area contributed by atoms with Gasteiger partial charge >= 0.3 is 0 Å². The van der Waals surface area contributed by atoms with Gasteiger partial charge in [-0.25, -0.2) is 17.7 Å². The second-order valence-electron chi connectivity index (χ2n) is 3.44. The Hall–Kier alpha value is -1.60. The van der Waals surface area contributed by atoms with Crippen molar-refractivity contribution in [2.24, 2.45) is 0 Å². The van der Waals surface area contributed by atoms with Crippen LogP contribution in [0.15, 0.2) is 40.7 Å². The Kier molecular flexibility index (Phi) is 3.53. The van der Waals surface area contributed by atoms with Crippen LogP contribution in [0.2, 0.25) is 0 Å². The Labute approximate surface area is 110 Å². The zero-order valence-corrected chi connectivity index (χ0v) is 11.5. The molecule has 0 N–H and O–H groups in total. The largest absolute Gasteiger partial charge is 0.495 e. The lowest BCUT2D eigenvalue weighted by molar-refractivity contribution is 0.402. The fourth-order valence-corrected chi connectivity index (χ4v) is 3.59. The molecule has 0 saturated carbocycles. The third-order valence-corrected chi connectivity index (χ3v) is 5.15. The minimum absolute atomic E-state index is 0.130. The number of sulfonamides is 1. The zero-order valence-electron chi connectivity index (χ0n) is 9.90. The number of benzene rings is 1. The van der Waals surface area contributed by atoms with E-state index >= 15 is 0 Å². The van der Waals surface area contributed by atoms with Crippen LogP contribution in [0, 0.1) is 0 Å². The average molecular weight is 284 g/mol. The number of methoxy groups -OCH3 is 1. The number of hydrogen-bond acceptors (Lipinski definition) is 5. The highest BCUT2D eigenvalue weighted by molar-refractivity contribution is 7.93. The Morgan fingerprint density at radius 3 is 2.67 bits per heavy atom. The van der Waals surface area contributed by atoms with Gasteiger partial charge in [-0.05, 0) is 12.1 Å². The molecule has 0 bridgehead atoms. The molecule has 0 aliphatic rings. The molecule has 0 aliphatic heterocycles. The summed E-state index contributed by atoms with van der Waals surface area (Å²) in [6.07, 6.45) is 1.56. The summed E-state index contributed by atoms with van der Waals surface area (Å²) in [7, 11) is -0.733. The molecule has 0 radical (unpaired) electrons. The van der Waals surface area contributed by atoms with E-state index < -0.39 is 10.0 Å². The molecular formula is C11H12N2O3S2. The second-order valence-corrected chi connectivity index (χ2v) is 6.25. The normalized spacial score (nSPS) is 11.2. The molecule has 1 aromatic carbocycles. The molecular weight excluding hydrogens is 272 g/mol. The minimum atomic E-state index is -3.65. The summed E-state index contributed by atoms with van der Waals surface area (Å²) >= 11 is 1.26. The first-order valence-corrected chi connectivity index (χ1v) is 7.41. The van der Waals surface area contributed by atoms with Crippen molar-refractivity contribution in [3.05, 3.63) is 35.8 Å². The number of hydrogen-bond donors (Lipinski definition) is 0. The van der Waals surface area contributed by atoms with Gasteiger partial charge in [0.2, 0.25) is 0 Å². The van der Waals surface area contributed by atoms with Crippen LogP contribution in [0.3, 0.4) is 0 Å². The summed E-state index contributed by atoms with van der Waals surface area (Å²) in [6, 6.07) is 6.51. The van der Waals surface area contributed by atoms with Crippen LogP contribution in [0.5, 0.6) is 5.75 Å². The molecule has 1 aromatic heterocycles. The van der Waals surface area contributed by atoms with Crippen molar-refractivity contribution in [3.63, 3.8) is 0 Å². The molecule has 2 aromatic rings. The van der Waals surface area contributed by atoms with Crippen LogP contribution in [0.4, 0.5) is 5.13 Å². The van der Waals surface area contributed by atoms with Gasteiger partial charge in [0.05, 0.1) is 7.11 Å². The van der Waals surface area contributed by atoms with Crippen LogP contribution in [-0.2, 0) is 10.0 Å². The van der Waals surface area contributed by atoms with Gasteiger partial charge < -0.3 is 4.74 Å². The summed E-state index contributed by atoms with van der Waals surface area (Å²) in [6.45, 7) is 0. The first kappa shape index (κ1) is 12.8. The number of anilines is 1. The Balaban J connectivity index is 2.49. The Morgan fingerprint density at radius 1 is 1.33 bits per heavy atom. The summed E-state index contributed by atoms with van der Waals surface area (Å²) < 4.78 is 31.1. The molecule has 18 heavy (non-hydrogen) atoms. The monoisotopic (exact) mass is 284 g/mol. The summed E-state index contributed by atoms with van der Waals surface area (Å²) in [5.41, 5.74) is 0. The predicted octanol–water partition coefficient (Wildman–Crippen LogP) is 1.98. The highest BCUT2D eigenvalue weighted by Crippen LogP contribution is 2.29. The van der Waals surface area contributed by atoms with E-state index in [1.807, 2.05) is 0 Å². The topological polar surface area (TPSA) is 59.5 Å². The van der Waals surface area contributed by atoms with E-state index in [1.165, 1.54) is 31.6 Å². The molecule has 0 amide bonds. The smallest absolute Gasteiger partial charge is 0.269 e. The van der Waals surface area contributed by atoms with Crippen molar-refractivity contribution in [3.8, 4) is 5.75 Å². The summed E-state index contributed by atoms with van der Waals surface area (Å²) in [5.74, 6) is 0.320. The maximum atomic E-state index is 12.4. The Morgan fingerprint density at radius 2 is 2.06 bits per heavy atom. The van der Waals surface area contributed by atoms with Crippen LogP contribution < -0.4 is 9.04 Å². The quantitative estimate of drug-likeness (QED) is 0.861. The lowest BCUT2D eigenvalue weighted by atomic mass is 10.3. The van der Waals surface area contributed by atoms with Crippen molar-refractivity contribution in [1.82, 2.24) is 4.98 Å². The lowest BCUT2D eigenvalue weighted by Gasteiger charge is -2.17. The van der Waals surface area contributed by atoms with E-state index in [9.17, 15) is 8.42 Å². The molecule has 0 saturated heterocycles. The molecule has 0 fully saturated rings. The van der Waals surface area contributed by atoms with Gasteiger partial charge in [-0.2, -0.15) is 0 Å². The van der Waals surface area contributed by atoms with Gasteiger partial charge in [0.1, 0.15) is 10.6 Å². The van der Waals surface area contributed by atoms with Gasteiger partial charge in [0, 0.05) is 18.6 Å². The van der Waals surface area contributed by atoms with Crippen LogP contribution in [0.25, 0.3) is 0 Å². The summed E-state index contributed by atoms with van der Waals surface area (Å²) in [4.78, 5) is 4.12. The zero-order chi connectivity index (χ0) is 13.2. The van der Waals surface area contributed by atoms with E-state index in [0.29, 0.717) is 10.9 Å². The number of thiazole rings is 1. The number of nitrogens with zero attached hydrogens (tertiary/aromatic N) is 2. The van der Waals surface area contributed by atoms with Crippen molar-refractivity contribution in [1.29, 1.82) is 0 Å². The number of aromatic nitrogens is 1. The van der Waals surface area contributed by atoms with Crippen LogP contribution >= 0.6 is 11.3 Å². The fourth-order valence-electron chi connectivity index (χ4n) is 1.45.